The molecule has 4 heteroatoms. The molecule has 0 unspecified atom stereocenters. The van der Waals surface area contributed by atoms with Gasteiger partial charge < -0.3 is 0 Å². The van der Waals surface area contributed by atoms with Crippen molar-refractivity contribution in [3.63, 3.8) is 0 Å². The molecular formula is C25H23NO2S. The van der Waals surface area contributed by atoms with Crippen LogP contribution >= 0.6 is 0 Å². The number of rotatable bonds is 3. The molecule has 29 heavy (non-hydrogen) atoms. The molecule has 0 saturated carbocycles. The van der Waals surface area contributed by atoms with E-state index in [9.17, 15) is 8.42 Å². The highest BCUT2D eigenvalue weighted by Crippen LogP contribution is 2.39. The lowest BCUT2D eigenvalue weighted by molar-refractivity contribution is 0.563. The van der Waals surface area contributed by atoms with Crippen LogP contribution in [0.4, 0.5) is 0 Å². The molecular weight excluding hydrogens is 378 g/mol. The maximum absolute atomic E-state index is 13.6. The highest BCUT2D eigenvalue weighted by molar-refractivity contribution is 7.90. The van der Waals surface area contributed by atoms with Gasteiger partial charge in [-0.25, -0.2) is 12.4 Å². The Labute approximate surface area is 171 Å². The number of nitrogens with zero attached hydrogens (tertiary/aromatic N) is 1. The zero-order valence-electron chi connectivity index (χ0n) is 16.4. The van der Waals surface area contributed by atoms with Crippen LogP contribution in [0.15, 0.2) is 83.8 Å². The van der Waals surface area contributed by atoms with Crippen molar-refractivity contribution >= 4 is 20.9 Å². The van der Waals surface area contributed by atoms with Gasteiger partial charge in [-0.1, -0.05) is 66.2 Å². The molecule has 3 aromatic carbocycles. The molecule has 1 heterocycles. The van der Waals surface area contributed by atoms with Gasteiger partial charge in [0.15, 0.2) is 0 Å². The van der Waals surface area contributed by atoms with Crippen molar-refractivity contribution in [1.82, 2.24) is 3.97 Å². The number of aryl methyl sites for hydroxylation is 1. The van der Waals surface area contributed by atoms with Crippen molar-refractivity contribution in [3.05, 3.63) is 101 Å². The molecule has 4 aromatic rings. The van der Waals surface area contributed by atoms with Gasteiger partial charge in [0, 0.05) is 11.1 Å². The summed E-state index contributed by atoms with van der Waals surface area (Å²) in [5.74, 6) is 0.421. The van der Waals surface area contributed by atoms with Crippen molar-refractivity contribution in [3.8, 4) is 0 Å². The quantitative estimate of drug-likeness (QED) is 0.457. The summed E-state index contributed by atoms with van der Waals surface area (Å²) in [7, 11) is -3.65. The van der Waals surface area contributed by atoms with Crippen LogP contribution in [-0.4, -0.2) is 12.4 Å². The molecule has 0 fully saturated rings. The van der Waals surface area contributed by atoms with E-state index in [0.29, 0.717) is 10.8 Å². The first kappa shape index (κ1) is 18.2. The average Bonchev–Trinajstić information content (AvgIpc) is 3.09. The number of aromatic nitrogens is 1. The Kier molecular flexibility index (Phi) is 4.32. The second-order valence-electron chi connectivity index (χ2n) is 7.88. The first-order valence-electron chi connectivity index (χ1n) is 10.0. The lowest BCUT2D eigenvalue weighted by Gasteiger charge is -2.24. The first-order valence-corrected chi connectivity index (χ1v) is 11.5. The number of hydrogen-bond acceptors (Lipinski definition) is 2. The van der Waals surface area contributed by atoms with Gasteiger partial charge in [0.1, 0.15) is 0 Å². The van der Waals surface area contributed by atoms with Crippen LogP contribution in [0.2, 0.25) is 0 Å². The van der Waals surface area contributed by atoms with E-state index in [-0.39, 0.29) is 0 Å². The largest absolute Gasteiger partial charge is 0.268 e. The molecule has 1 aliphatic rings. The standard InChI is InChI=1S/C25H23NO2S/c1-18-11-14-21(15-12-18)29(27,28)26-24-10-6-5-9-22(24)23-17-20(13-16-25(23)26)19-7-3-2-4-8-19/h2-12,14-15,20H,13,16-17H2,1H3/t20-/m0/s1. The third kappa shape index (κ3) is 2.99. The minimum Gasteiger partial charge on any atom is -0.238 e. The summed E-state index contributed by atoms with van der Waals surface area (Å²) in [6, 6.07) is 25.6. The molecule has 3 nitrogen and oxygen atoms in total. The summed E-state index contributed by atoms with van der Waals surface area (Å²) in [6.45, 7) is 1.97. The summed E-state index contributed by atoms with van der Waals surface area (Å²) in [5, 5.41) is 1.05. The van der Waals surface area contributed by atoms with Gasteiger partial charge in [-0.15, -0.1) is 0 Å². The van der Waals surface area contributed by atoms with Crippen LogP contribution < -0.4 is 0 Å². The Morgan fingerprint density at radius 1 is 0.862 bits per heavy atom. The molecule has 5 rings (SSSR count). The van der Waals surface area contributed by atoms with Crippen LogP contribution in [-0.2, 0) is 22.9 Å². The van der Waals surface area contributed by atoms with Gasteiger partial charge in [0.2, 0.25) is 0 Å². The minimum atomic E-state index is -3.65. The van der Waals surface area contributed by atoms with Gasteiger partial charge in [-0.3, -0.25) is 0 Å². The van der Waals surface area contributed by atoms with E-state index in [1.54, 1.807) is 16.1 Å². The lowest BCUT2D eigenvalue weighted by atomic mass is 9.82. The second-order valence-corrected chi connectivity index (χ2v) is 9.66. The fraction of sp³-hybridized carbons (Fsp3) is 0.200. The van der Waals surface area contributed by atoms with E-state index in [2.05, 4.69) is 30.3 Å². The van der Waals surface area contributed by atoms with Crippen LogP contribution in [0.5, 0.6) is 0 Å². The predicted molar refractivity (Wildman–Crippen MR) is 117 cm³/mol. The van der Waals surface area contributed by atoms with Crippen LogP contribution in [0.1, 0.15) is 34.7 Å². The van der Waals surface area contributed by atoms with Gasteiger partial charge >= 0.3 is 0 Å². The normalized spacial score (nSPS) is 16.7. The van der Waals surface area contributed by atoms with Crippen LogP contribution in [0, 0.1) is 6.92 Å². The summed E-state index contributed by atoms with van der Waals surface area (Å²) in [4.78, 5) is 0.344. The topological polar surface area (TPSA) is 39.1 Å². The lowest BCUT2D eigenvalue weighted by Crippen LogP contribution is -2.20. The maximum atomic E-state index is 13.6. The molecule has 0 bridgehead atoms. The van der Waals surface area contributed by atoms with E-state index in [1.807, 2.05) is 43.3 Å². The summed E-state index contributed by atoms with van der Waals surface area (Å²) in [5.41, 5.74) is 5.28. The third-order valence-corrected chi connectivity index (χ3v) is 7.82. The summed E-state index contributed by atoms with van der Waals surface area (Å²) >= 11 is 0. The fourth-order valence-electron chi connectivity index (χ4n) is 4.57. The zero-order valence-corrected chi connectivity index (χ0v) is 17.2. The summed E-state index contributed by atoms with van der Waals surface area (Å²) in [6.07, 6.45) is 2.59. The number of fused-ring (bicyclic) bond motifs is 3. The molecule has 1 atom stereocenters. The highest BCUT2D eigenvalue weighted by Gasteiger charge is 2.31. The number of para-hydroxylation sites is 1. The molecule has 0 N–H and O–H groups in total. The van der Waals surface area contributed by atoms with E-state index >= 15 is 0 Å². The van der Waals surface area contributed by atoms with Crippen molar-refractivity contribution < 1.29 is 8.42 Å². The van der Waals surface area contributed by atoms with Gasteiger partial charge in [0.25, 0.3) is 10.0 Å². The minimum absolute atomic E-state index is 0.344. The van der Waals surface area contributed by atoms with Crippen LogP contribution in [0.3, 0.4) is 0 Å². The van der Waals surface area contributed by atoms with Gasteiger partial charge in [-0.2, -0.15) is 0 Å². The van der Waals surface area contributed by atoms with Crippen molar-refractivity contribution in [1.29, 1.82) is 0 Å². The van der Waals surface area contributed by atoms with E-state index < -0.39 is 10.0 Å². The number of hydrogen-bond donors (Lipinski definition) is 0. The average molecular weight is 402 g/mol. The Morgan fingerprint density at radius 3 is 2.31 bits per heavy atom. The third-order valence-electron chi connectivity index (χ3n) is 6.05. The molecule has 0 aliphatic heterocycles. The summed E-state index contributed by atoms with van der Waals surface area (Å²) < 4.78 is 28.8. The molecule has 0 amide bonds. The molecule has 146 valence electrons. The van der Waals surface area contributed by atoms with Crippen LogP contribution in [0.25, 0.3) is 10.9 Å². The fourth-order valence-corrected chi connectivity index (χ4v) is 6.17. The van der Waals surface area contributed by atoms with Crippen molar-refractivity contribution in [2.75, 3.05) is 0 Å². The smallest absolute Gasteiger partial charge is 0.238 e. The maximum Gasteiger partial charge on any atom is 0.268 e. The van der Waals surface area contributed by atoms with E-state index in [0.717, 1.165) is 41.4 Å². The zero-order chi connectivity index (χ0) is 20.0. The molecule has 0 spiro atoms. The molecule has 1 aliphatic carbocycles. The van der Waals surface area contributed by atoms with E-state index in [1.165, 1.54) is 11.1 Å². The monoisotopic (exact) mass is 401 g/mol. The van der Waals surface area contributed by atoms with Crippen molar-refractivity contribution in [2.24, 2.45) is 0 Å². The van der Waals surface area contributed by atoms with Gasteiger partial charge in [-0.05, 0) is 61.4 Å². The van der Waals surface area contributed by atoms with E-state index in [4.69, 9.17) is 0 Å². The first-order chi connectivity index (χ1) is 14.1. The van der Waals surface area contributed by atoms with Gasteiger partial charge in [0.05, 0.1) is 10.4 Å². The Hall–Kier alpha value is -2.85. The Bertz CT molecular complexity index is 1290. The SMILES string of the molecule is Cc1ccc(S(=O)(=O)n2c3c(c4ccccc42)C[C@@H](c2ccccc2)CC3)cc1. The Balaban J connectivity index is 1.68. The molecule has 0 radical (unpaired) electrons. The molecule has 0 saturated heterocycles. The number of benzene rings is 3. The second kappa shape index (κ2) is 6.89. The Morgan fingerprint density at radius 2 is 1.55 bits per heavy atom. The molecule has 1 aromatic heterocycles. The van der Waals surface area contributed by atoms with Crippen molar-refractivity contribution in [2.45, 2.75) is 37.0 Å². The predicted octanol–water partition coefficient (Wildman–Crippen LogP) is 5.46. The highest BCUT2D eigenvalue weighted by atomic mass is 32.2.